The highest BCUT2D eigenvalue weighted by atomic mass is 16.2. The molecule has 1 aliphatic heterocycles. The Labute approximate surface area is 139 Å². The zero-order valence-corrected chi connectivity index (χ0v) is 14.4. The number of carbonyl (C=O) groups excluding carboxylic acids is 1. The first kappa shape index (κ1) is 16.4. The molecule has 0 radical (unpaired) electrons. The van der Waals surface area contributed by atoms with Crippen LogP contribution in [-0.2, 0) is 11.3 Å². The van der Waals surface area contributed by atoms with Crippen LogP contribution < -0.4 is 5.32 Å². The van der Waals surface area contributed by atoms with Crippen molar-refractivity contribution in [2.24, 2.45) is 11.3 Å². The first-order chi connectivity index (χ1) is 11.1. The molecule has 1 amide bonds. The second-order valence-corrected chi connectivity index (χ2v) is 7.39. The van der Waals surface area contributed by atoms with Crippen molar-refractivity contribution in [3.8, 4) is 0 Å². The zero-order chi connectivity index (χ0) is 16.3. The maximum Gasteiger partial charge on any atom is 0.226 e. The molecular weight excluding hydrogens is 286 g/mol. The Bertz CT molecular complexity index is 525. The molecule has 1 saturated carbocycles. The fourth-order valence-corrected chi connectivity index (χ4v) is 3.75. The molecule has 23 heavy (non-hydrogen) atoms. The van der Waals surface area contributed by atoms with Gasteiger partial charge in [-0.2, -0.15) is 0 Å². The summed E-state index contributed by atoms with van der Waals surface area (Å²) in [6.45, 7) is 7.18. The van der Waals surface area contributed by atoms with Crippen LogP contribution in [0.1, 0.15) is 51.6 Å². The lowest BCUT2D eigenvalue weighted by atomic mass is 10.0. The summed E-state index contributed by atoms with van der Waals surface area (Å²) in [5.74, 6) is 0.569. The van der Waals surface area contributed by atoms with E-state index in [0.29, 0.717) is 18.5 Å². The van der Waals surface area contributed by atoms with Gasteiger partial charge >= 0.3 is 0 Å². The molecule has 0 aromatic carbocycles. The van der Waals surface area contributed by atoms with Gasteiger partial charge in [0.1, 0.15) is 0 Å². The number of pyridine rings is 1. The highest BCUT2D eigenvalue weighted by Crippen LogP contribution is 2.55. The fourth-order valence-electron chi connectivity index (χ4n) is 3.75. The van der Waals surface area contributed by atoms with E-state index in [1.54, 1.807) is 0 Å². The van der Waals surface area contributed by atoms with E-state index in [0.717, 1.165) is 50.9 Å². The van der Waals surface area contributed by atoms with Gasteiger partial charge in [-0.25, -0.2) is 0 Å². The van der Waals surface area contributed by atoms with E-state index >= 15 is 0 Å². The summed E-state index contributed by atoms with van der Waals surface area (Å²) < 4.78 is 0. The number of carbonyl (C=O) groups is 1. The molecule has 4 heteroatoms. The van der Waals surface area contributed by atoms with Crippen molar-refractivity contribution in [3.05, 3.63) is 30.1 Å². The molecule has 1 aromatic heterocycles. The van der Waals surface area contributed by atoms with E-state index in [9.17, 15) is 4.79 Å². The average Bonchev–Trinajstić information content (AvgIpc) is 3.32. The van der Waals surface area contributed by atoms with Gasteiger partial charge in [-0.15, -0.1) is 0 Å². The van der Waals surface area contributed by atoms with Gasteiger partial charge in [0, 0.05) is 18.2 Å². The number of nitrogens with zero attached hydrogens (tertiary/aromatic N) is 2. The Hall–Kier alpha value is -1.42. The predicted octanol–water partition coefficient (Wildman–Crippen LogP) is 2.99. The molecule has 4 nitrogen and oxygen atoms in total. The van der Waals surface area contributed by atoms with Gasteiger partial charge < -0.3 is 10.2 Å². The molecule has 1 saturated heterocycles. The Morgan fingerprint density at radius 2 is 2.26 bits per heavy atom. The van der Waals surface area contributed by atoms with Crippen LogP contribution >= 0.6 is 0 Å². The summed E-state index contributed by atoms with van der Waals surface area (Å²) >= 11 is 0. The number of amides is 1. The molecular formula is C19H29N3O. The van der Waals surface area contributed by atoms with Crippen molar-refractivity contribution in [1.29, 1.82) is 0 Å². The topological polar surface area (TPSA) is 45.2 Å². The quantitative estimate of drug-likeness (QED) is 0.908. The molecule has 2 aliphatic rings. The normalized spacial score (nSPS) is 30.5. The molecule has 126 valence electrons. The van der Waals surface area contributed by atoms with Crippen molar-refractivity contribution < 1.29 is 4.79 Å². The average molecular weight is 315 g/mol. The molecule has 1 aliphatic carbocycles. The fraction of sp³-hybridized carbons (Fsp3) is 0.684. The van der Waals surface area contributed by atoms with Crippen LogP contribution in [0.4, 0.5) is 0 Å². The van der Waals surface area contributed by atoms with Gasteiger partial charge in [0.2, 0.25) is 5.91 Å². The Balaban J connectivity index is 1.76. The number of nitrogens with one attached hydrogen (secondary N) is 1. The van der Waals surface area contributed by atoms with E-state index < -0.39 is 0 Å². The molecule has 1 aromatic rings. The highest BCUT2D eigenvalue weighted by Gasteiger charge is 2.54. The van der Waals surface area contributed by atoms with Gasteiger partial charge in [0.05, 0.1) is 12.2 Å². The number of hydrogen-bond acceptors (Lipinski definition) is 3. The lowest BCUT2D eigenvalue weighted by molar-refractivity contribution is -0.136. The van der Waals surface area contributed by atoms with E-state index in [4.69, 9.17) is 0 Å². The van der Waals surface area contributed by atoms with Gasteiger partial charge in [0.25, 0.3) is 0 Å². The minimum atomic E-state index is 0.215. The summed E-state index contributed by atoms with van der Waals surface area (Å²) in [5, 5.41) is 3.45. The van der Waals surface area contributed by atoms with Crippen LogP contribution in [0.5, 0.6) is 0 Å². The van der Waals surface area contributed by atoms with E-state index in [1.165, 1.54) is 0 Å². The van der Waals surface area contributed by atoms with Gasteiger partial charge in [-0.3, -0.25) is 9.78 Å². The summed E-state index contributed by atoms with van der Waals surface area (Å²) in [6, 6.07) is 6.31. The maximum absolute atomic E-state index is 13.2. The van der Waals surface area contributed by atoms with Crippen molar-refractivity contribution in [2.45, 2.75) is 58.5 Å². The van der Waals surface area contributed by atoms with Crippen LogP contribution in [0.15, 0.2) is 24.4 Å². The van der Waals surface area contributed by atoms with Gasteiger partial charge in [-0.1, -0.05) is 19.9 Å². The SMILES string of the molecule is CCC1(C)CC1C(=O)N(Cc1ccccn1)C1CCCNCC1. The molecule has 1 N–H and O–H groups in total. The Kier molecular flexibility index (Phi) is 5.00. The first-order valence-electron chi connectivity index (χ1n) is 9.05. The van der Waals surface area contributed by atoms with Crippen molar-refractivity contribution >= 4 is 5.91 Å². The number of aromatic nitrogens is 1. The maximum atomic E-state index is 13.2. The molecule has 3 rings (SSSR count). The Morgan fingerprint density at radius 3 is 2.96 bits per heavy atom. The largest absolute Gasteiger partial charge is 0.334 e. The van der Waals surface area contributed by atoms with E-state index in [-0.39, 0.29) is 11.3 Å². The van der Waals surface area contributed by atoms with Crippen molar-refractivity contribution in [3.63, 3.8) is 0 Å². The standard InChI is InChI=1S/C19H29N3O/c1-3-19(2)13-17(19)18(23)22(14-15-7-4-5-11-21-15)16-8-6-10-20-12-9-16/h4-5,7,11,16-17,20H,3,6,8-10,12-14H2,1-2H3. The van der Waals surface area contributed by atoms with Crippen LogP contribution in [0.3, 0.4) is 0 Å². The summed E-state index contributed by atoms with van der Waals surface area (Å²) in [4.78, 5) is 19.8. The van der Waals surface area contributed by atoms with Crippen LogP contribution in [0, 0.1) is 11.3 Å². The van der Waals surface area contributed by atoms with Crippen LogP contribution in [0.25, 0.3) is 0 Å². The second-order valence-electron chi connectivity index (χ2n) is 7.39. The zero-order valence-electron chi connectivity index (χ0n) is 14.4. The molecule has 3 atom stereocenters. The Morgan fingerprint density at radius 1 is 1.39 bits per heavy atom. The molecule has 2 fully saturated rings. The second kappa shape index (κ2) is 7.00. The molecule has 0 spiro atoms. The minimum Gasteiger partial charge on any atom is -0.334 e. The minimum absolute atomic E-state index is 0.215. The van der Waals surface area contributed by atoms with Gasteiger partial charge in [0.15, 0.2) is 0 Å². The van der Waals surface area contributed by atoms with Crippen LogP contribution in [-0.4, -0.2) is 34.9 Å². The summed E-state index contributed by atoms with van der Waals surface area (Å²) in [6.07, 6.45) is 7.25. The molecule has 0 bridgehead atoms. The summed E-state index contributed by atoms with van der Waals surface area (Å²) in [5.41, 5.74) is 1.22. The van der Waals surface area contributed by atoms with Crippen molar-refractivity contribution in [2.75, 3.05) is 13.1 Å². The van der Waals surface area contributed by atoms with E-state index in [1.807, 2.05) is 24.4 Å². The predicted molar refractivity (Wildman–Crippen MR) is 91.8 cm³/mol. The third kappa shape index (κ3) is 3.74. The lowest BCUT2D eigenvalue weighted by Gasteiger charge is -2.32. The third-order valence-corrected chi connectivity index (χ3v) is 5.78. The van der Waals surface area contributed by atoms with E-state index in [2.05, 4.69) is 29.0 Å². The lowest BCUT2D eigenvalue weighted by Crippen LogP contribution is -2.42. The molecule has 2 heterocycles. The number of rotatable bonds is 5. The van der Waals surface area contributed by atoms with Crippen LogP contribution in [0.2, 0.25) is 0 Å². The highest BCUT2D eigenvalue weighted by molar-refractivity contribution is 5.83. The summed E-state index contributed by atoms with van der Waals surface area (Å²) in [7, 11) is 0. The van der Waals surface area contributed by atoms with Gasteiger partial charge in [-0.05, 0) is 62.7 Å². The molecule has 3 unspecified atom stereocenters. The van der Waals surface area contributed by atoms with Crippen molar-refractivity contribution in [1.82, 2.24) is 15.2 Å². The third-order valence-electron chi connectivity index (χ3n) is 5.78. The first-order valence-corrected chi connectivity index (χ1v) is 9.05. The monoisotopic (exact) mass is 315 g/mol. The number of hydrogen-bond donors (Lipinski definition) is 1. The smallest absolute Gasteiger partial charge is 0.226 e.